The Morgan fingerprint density at radius 2 is 1.88 bits per heavy atom. The number of halogens is 1. The van der Waals surface area contributed by atoms with Crippen LogP contribution in [0.2, 0.25) is 0 Å². The van der Waals surface area contributed by atoms with E-state index in [1.807, 2.05) is 18.2 Å². The Morgan fingerprint density at radius 1 is 1.18 bits per heavy atom. The molecule has 2 rings (SSSR count). The van der Waals surface area contributed by atoms with Gasteiger partial charge in [-0.3, -0.25) is 0 Å². The van der Waals surface area contributed by atoms with Crippen molar-refractivity contribution in [1.29, 1.82) is 0 Å². The minimum absolute atomic E-state index is 0.0441. The van der Waals surface area contributed by atoms with E-state index in [-0.39, 0.29) is 6.61 Å². The van der Waals surface area contributed by atoms with Crippen molar-refractivity contribution in [1.82, 2.24) is 0 Å². The summed E-state index contributed by atoms with van der Waals surface area (Å²) in [4.78, 5) is 0. The van der Waals surface area contributed by atoms with Crippen LogP contribution >= 0.6 is 15.9 Å². The monoisotopic (exact) mass is 298 g/mol. The first kappa shape index (κ1) is 12.9. The summed E-state index contributed by atoms with van der Waals surface area (Å²) in [7, 11) is 0. The van der Waals surface area contributed by atoms with Crippen molar-refractivity contribution in [3.05, 3.63) is 28.2 Å². The van der Waals surface area contributed by atoms with Crippen LogP contribution in [0.5, 0.6) is 5.75 Å². The summed E-state index contributed by atoms with van der Waals surface area (Å²) in [6.45, 7) is 0.0441. The number of ether oxygens (including phenoxy) is 1. The molecule has 1 saturated carbocycles. The van der Waals surface area contributed by atoms with Crippen LogP contribution in [0.1, 0.15) is 44.1 Å². The highest BCUT2D eigenvalue weighted by Gasteiger charge is 2.14. The topological polar surface area (TPSA) is 29.5 Å². The zero-order valence-electron chi connectivity index (χ0n) is 9.99. The van der Waals surface area contributed by atoms with Gasteiger partial charge in [0.2, 0.25) is 0 Å². The molecule has 3 heteroatoms. The van der Waals surface area contributed by atoms with Crippen LogP contribution in [-0.4, -0.2) is 11.2 Å². The van der Waals surface area contributed by atoms with Gasteiger partial charge in [0.25, 0.3) is 0 Å². The Labute approximate surface area is 111 Å². The van der Waals surface area contributed by atoms with Crippen molar-refractivity contribution in [2.75, 3.05) is 0 Å². The second-order valence-electron chi connectivity index (χ2n) is 4.64. The minimum atomic E-state index is 0.0441. The lowest BCUT2D eigenvalue weighted by atomic mass is 10.1. The fraction of sp³-hybridized carbons (Fsp3) is 0.571. The van der Waals surface area contributed by atoms with Crippen molar-refractivity contribution in [3.8, 4) is 5.75 Å². The molecule has 0 bridgehead atoms. The molecule has 0 aliphatic heterocycles. The van der Waals surface area contributed by atoms with Crippen molar-refractivity contribution < 1.29 is 9.84 Å². The van der Waals surface area contributed by atoms with E-state index in [0.29, 0.717) is 6.10 Å². The smallest absolute Gasteiger partial charge is 0.120 e. The van der Waals surface area contributed by atoms with E-state index in [2.05, 4.69) is 15.9 Å². The van der Waals surface area contributed by atoms with Gasteiger partial charge in [-0.25, -0.2) is 0 Å². The predicted octanol–water partition coefficient (Wildman–Crippen LogP) is 4.04. The van der Waals surface area contributed by atoms with Gasteiger partial charge in [0.1, 0.15) is 5.75 Å². The first-order valence-electron chi connectivity index (χ1n) is 6.35. The quantitative estimate of drug-likeness (QED) is 0.853. The Hall–Kier alpha value is -0.540. The van der Waals surface area contributed by atoms with Crippen molar-refractivity contribution in [2.45, 2.75) is 51.2 Å². The second-order valence-corrected chi connectivity index (χ2v) is 5.50. The fourth-order valence-corrected chi connectivity index (χ4v) is 2.67. The summed E-state index contributed by atoms with van der Waals surface area (Å²) in [5.41, 5.74) is 0.885. The molecule has 1 aromatic carbocycles. The van der Waals surface area contributed by atoms with E-state index in [1.165, 1.54) is 25.7 Å². The van der Waals surface area contributed by atoms with Crippen molar-refractivity contribution in [2.24, 2.45) is 0 Å². The molecule has 1 aromatic rings. The van der Waals surface area contributed by atoms with Crippen LogP contribution in [0.15, 0.2) is 22.7 Å². The molecular formula is C14H19BrO2. The van der Waals surface area contributed by atoms with Gasteiger partial charge >= 0.3 is 0 Å². The predicted molar refractivity (Wildman–Crippen MR) is 72.2 cm³/mol. The Balaban J connectivity index is 2.01. The molecule has 94 valence electrons. The van der Waals surface area contributed by atoms with Gasteiger partial charge in [-0.15, -0.1) is 0 Å². The molecule has 0 atom stereocenters. The van der Waals surface area contributed by atoms with Crippen molar-refractivity contribution in [3.63, 3.8) is 0 Å². The zero-order valence-corrected chi connectivity index (χ0v) is 11.6. The van der Waals surface area contributed by atoms with Crippen molar-refractivity contribution >= 4 is 15.9 Å². The molecule has 1 aliphatic rings. The van der Waals surface area contributed by atoms with E-state index in [4.69, 9.17) is 4.74 Å². The van der Waals surface area contributed by atoms with Gasteiger partial charge in [-0.05, 0) is 49.4 Å². The van der Waals surface area contributed by atoms with Gasteiger partial charge in [-0.1, -0.05) is 28.8 Å². The highest BCUT2D eigenvalue weighted by Crippen LogP contribution is 2.26. The molecule has 0 amide bonds. The third-order valence-corrected chi connectivity index (χ3v) is 4.07. The van der Waals surface area contributed by atoms with Gasteiger partial charge in [0, 0.05) is 4.47 Å². The zero-order chi connectivity index (χ0) is 12.1. The lowest BCUT2D eigenvalue weighted by molar-refractivity contribution is 0.183. The summed E-state index contributed by atoms with van der Waals surface area (Å²) in [5.74, 6) is 0.879. The van der Waals surface area contributed by atoms with E-state index in [9.17, 15) is 5.11 Å². The van der Waals surface area contributed by atoms with Crippen LogP contribution in [0, 0.1) is 0 Å². The van der Waals surface area contributed by atoms with E-state index >= 15 is 0 Å². The number of hydrogen-bond acceptors (Lipinski definition) is 2. The average molecular weight is 299 g/mol. The van der Waals surface area contributed by atoms with Gasteiger partial charge < -0.3 is 9.84 Å². The molecule has 1 aliphatic carbocycles. The highest BCUT2D eigenvalue weighted by molar-refractivity contribution is 9.10. The van der Waals surface area contributed by atoms with Crippen LogP contribution in [0.25, 0.3) is 0 Å². The van der Waals surface area contributed by atoms with E-state index < -0.39 is 0 Å². The lowest BCUT2D eigenvalue weighted by Gasteiger charge is -2.17. The largest absolute Gasteiger partial charge is 0.490 e. The number of benzene rings is 1. The van der Waals surface area contributed by atoms with Gasteiger partial charge in [0.15, 0.2) is 0 Å². The maximum atomic E-state index is 9.21. The highest BCUT2D eigenvalue weighted by atomic mass is 79.9. The summed E-state index contributed by atoms with van der Waals surface area (Å²) < 4.78 is 6.94. The van der Waals surface area contributed by atoms with Crippen LogP contribution in [-0.2, 0) is 6.61 Å². The molecule has 17 heavy (non-hydrogen) atoms. The molecule has 0 spiro atoms. The first-order chi connectivity index (χ1) is 8.29. The van der Waals surface area contributed by atoms with E-state index in [1.54, 1.807) is 0 Å². The Kier molecular flexibility index (Phi) is 4.86. The standard InChI is InChI=1S/C14H19BrO2/c15-14-8-7-13(9-11(14)10-16)17-12-5-3-1-2-4-6-12/h7-9,12,16H,1-6,10H2. The molecule has 0 aromatic heterocycles. The molecule has 0 heterocycles. The van der Waals surface area contributed by atoms with E-state index in [0.717, 1.165) is 28.6 Å². The summed E-state index contributed by atoms with van der Waals surface area (Å²) in [6.07, 6.45) is 7.88. The molecule has 1 fully saturated rings. The van der Waals surface area contributed by atoms with Gasteiger partial charge in [-0.2, -0.15) is 0 Å². The summed E-state index contributed by atoms with van der Waals surface area (Å²) in [5, 5.41) is 9.21. The minimum Gasteiger partial charge on any atom is -0.490 e. The summed E-state index contributed by atoms with van der Waals surface area (Å²) >= 11 is 3.41. The number of aliphatic hydroxyl groups is 1. The average Bonchev–Trinajstić information content (AvgIpc) is 2.60. The fourth-order valence-electron chi connectivity index (χ4n) is 2.30. The maximum absolute atomic E-state index is 9.21. The molecular weight excluding hydrogens is 280 g/mol. The first-order valence-corrected chi connectivity index (χ1v) is 7.15. The molecule has 0 saturated heterocycles. The normalized spacial score (nSPS) is 17.8. The molecule has 1 N–H and O–H groups in total. The number of aliphatic hydroxyl groups excluding tert-OH is 1. The van der Waals surface area contributed by atoms with Gasteiger partial charge in [0.05, 0.1) is 12.7 Å². The third-order valence-electron chi connectivity index (χ3n) is 3.29. The SMILES string of the molecule is OCc1cc(OC2CCCCCC2)ccc1Br. The second kappa shape index (κ2) is 6.41. The molecule has 2 nitrogen and oxygen atoms in total. The van der Waals surface area contributed by atoms with Crippen LogP contribution in [0.4, 0.5) is 0 Å². The maximum Gasteiger partial charge on any atom is 0.120 e. The molecule has 0 radical (unpaired) electrons. The summed E-state index contributed by atoms with van der Waals surface area (Å²) in [6, 6.07) is 5.83. The van der Waals surface area contributed by atoms with Crippen LogP contribution in [0.3, 0.4) is 0 Å². The Morgan fingerprint density at radius 3 is 2.53 bits per heavy atom. The Bertz CT molecular complexity index is 357. The number of rotatable bonds is 3. The van der Waals surface area contributed by atoms with Crippen LogP contribution < -0.4 is 4.74 Å². The number of hydrogen-bond donors (Lipinski definition) is 1. The lowest BCUT2D eigenvalue weighted by Crippen LogP contribution is -2.15. The molecule has 0 unspecified atom stereocenters. The third kappa shape index (κ3) is 3.71.